The maximum Gasteiger partial charge on any atom is 0.0726 e. The molecule has 0 amide bonds. The second-order valence-corrected chi connectivity index (χ2v) is 20.4. The summed E-state index contributed by atoms with van der Waals surface area (Å²) in [6, 6.07) is 85.6. The second kappa shape index (κ2) is 16.7. The molecule has 0 N–H and O–H groups in total. The molecule has 0 fully saturated rings. The Hall–Kier alpha value is -8.70. The van der Waals surface area contributed by atoms with Crippen molar-refractivity contribution in [1.29, 1.82) is 0 Å². The zero-order valence-electron chi connectivity index (χ0n) is 39.9. The van der Waals surface area contributed by atoms with Gasteiger partial charge in [0.1, 0.15) is 0 Å². The normalized spacial score (nSPS) is 13.2. The Kier molecular flexibility index (Phi) is 9.80. The zero-order valence-corrected chi connectivity index (χ0v) is 40.7. The molecule has 9 aromatic carbocycles. The van der Waals surface area contributed by atoms with Gasteiger partial charge in [-0.2, -0.15) is 0 Å². The summed E-state index contributed by atoms with van der Waals surface area (Å²) < 4.78 is 2.59. The lowest BCUT2D eigenvalue weighted by atomic mass is 9.69. The number of nitrogens with zero attached hydrogens (tertiary/aromatic N) is 3. The third-order valence-electron chi connectivity index (χ3n) is 15.3. The van der Waals surface area contributed by atoms with Crippen molar-refractivity contribution in [1.82, 2.24) is 9.97 Å². The van der Waals surface area contributed by atoms with E-state index in [2.05, 4.69) is 255 Å². The van der Waals surface area contributed by atoms with Crippen LogP contribution in [0.15, 0.2) is 243 Å². The van der Waals surface area contributed by atoms with Crippen LogP contribution in [0.5, 0.6) is 0 Å². The summed E-state index contributed by atoms with van der Waals surface area (Å²) in [5, 5.41) is 2.60. The predicted molar refractivity (Wildman–Crippen MR) is 300 cm³/mol. The van der Waals surface area contributed by atoms with Gasteiger partial charge >= 0.3 is 0 Å². The van der Waals surface area contributed by atoms with Gasteiger partial charge in [-0.05, 0) is 146 Å². The van der Waals surface area contributed by atoms with Crippen LogP contribution in [0.4, 0.5) is 17.1 Å². The molecule has 12 aromatic rings. The van der Waals surface area contributed by atoms with E-state index in [1.165, 1.54) is 104 Å². The standard InChI is InChI=1S/C68H47N3S/c1-43-25-27-50(41-69-43)64(49-30-28-47(29-31-49)45-15-5-3-6-16-45)58-40-62-65(66-57-21-11-14-24-63(57)72-67(58)66)56-38-37-52(39-61(56)68(62)59-22-12-9-19-54(59)55-20-10-13-23-60(55)68)71(53-34-26-44(2)70-42-53)51-35-32-48(33-36-51)46-17-7-4-8-18-46/h3-42,64H,1-2H3. The first-order valence-electron chi connectivity index (χ1n) is 24.8. The number of hydrogen-bond donors (Lipinski definition) is 0. The Labute approximate surface area is 424 Å². The number of anilines is 3. The van der Waals surface area contributed by atoms with E-state index in [-0.39, 0.29) is 5.92 Å². The van der Waals surface area contributed by atoms with Crippen molar-refractivity contribution in [3.63, 3.8) is 0 Å². The molecule has 0 saturated heterocycles. The number of thiophene rings is 1. The van der Waals surface area contributed by atoms with E-state index < -0.39 is 5.41 Å². The van der Waals surface area contributed by atoms with Crippen LogP contribution in [0.1, 0.15) is 56.2 Å². The molecule has 3 heterocycles. The minimum Gasteiger partial charge on any atom is -0.309 e. The fourth-order valence-corrected chi connectivity index (χ4v) is 13.3. The smallest absolute Gasteiger partial charge is 0.0726 e. The van der Waals surface area contributed by atoms with Crippen molar-refractivity contribution in [3.8, 4) is 44.5 Å². The van der Waals surface area contributed by atoms with E-state index in [0.717, 1.165) is 28.5 Å². The lowest BCUT2D eigenvalue weighted by molar-refractivity contribution is 0.791. The van der Waals surface area contributed by atoms with Crippen molar-refractivity contribution in [2.45, 2.75) is 25.2 Å². The number of pyridine rings is 2. The number of hydrogen-bond acceptors (Lipinski definition) is 4. The molecule has 4 heteroatoms. The molecule has 1 unspecified atom stereocenters. The quantitative estimate of drug-likeness (QED) is 0.152. The van der Waals surface area contributed by atoms with Gasteiger partial charge in [0, 0.05) is 55.0 Å². The number of fused-ring (bicyclic) bond motifs is 14. The van der Waals surface area contributed by atoms with Crippen LogP contribution in [-0.2, 0) is 5.41 Å². The van der Waals surface area contributed by atoms with Crippen LogP contribution in [-0.4, -0.2) is 9.97 Å². The second-order valence-electron chi connectivity index (χ2n) is 19.3. The molecule has 340 valence electrons. The van der Waals surface area contributed by atoms with E-state index >= 15 is 0 Å². The van der Waals surface area contributed by atoms with Crippen LogP contribution in [0.2, 0.25) is 0 Å². The highest BCUT2D eigenvalue weighted by Crippen LogP contribution is 2.66. The van der Waals surface area contributed by atoms with Gasteiger partial charge in [0.25, 0.3) is 0 Å². The highest BCUT2D eigenvalue weighted by molar-refractivity contribution is 7.26. The van der Waals surface area contributed by atoms with Gasteiger partial charge in [-0.3, -0.25) is 9.97 Å². The molecule has 14 rings (SSSR count). The zero-order chi connectivity index (χ0) is 47.9. The lowest BCUT2D eigenvalue weighted by Crippen LogP contribution is -2.26. The van der Waals surface area contributed by atoms with E-state index in [1.54, 1.807) is 0 Å². The SMILES string of the molecule is Cc1ccc(C(c2ccc(-c3ccccc3)cc2)c2cc3c(c4c2sc2ccccc24)-c2ccc(N(c4ccc(-c5ccccc5)cc4)c4ccc(C)nc4)cc2C32c3ccccc3-c3ccccc32)cn1. The summed E-state index contributed by atoms with van der Waals surface area (Å²) in [5.41, 5.74) is 23.4. The predicted octanol–water partition coefficient (Wildman–Crippen LogP) is 17.8. The van der Waals surface area contributed by atoms with E-state index in [0.29, 0.717) is 0 Å². The Bertz CT molecular complexity index is 3980. The molecule has 0 radical (unpaired) electrons. The highest BCUT2D eigenvalue weighted by Gasteiger charge is 2.53. The first kappa shape index (κ1) is 42.2. The number of aryl methyl sites for hydroxylation is 2. The Morgan fingerprint density at radius 1 is 0.417 bits per heavy atom. The summed E-state index contributed by atoms with van der Waals surface area (Å²) >= 11 is 1.92. The topological polar surface area (TPSA) is 29.0 Å². The molecular weight excluding hydrogens is 891 g/mol. The van der Waals surface area contributed by atoms with Gasteiger partial charge in [0.15, 0.2) is 0 Å². The largest absolute Gasteiger partial charge is 0.309 e. The molecule has 2 aliphatic carbocycles. The van der Waals surface area contributed by atoms with E-state index in [9.17, 15) is 0 Å². The highest BCUT2D eigenvalue weighted by atomic mass is 32.1. The van der Waals surface area contributed by atoms with Crippen molar-refractivity contribution in [3.05, 3.63) is 293 Å². The van der Waals surface area contributed by atoms with Gasteiger partial charge in [-0.15, -0.1) is 11.3 Å². The number of benzene rings is 9. The van der Waals surface area contributed by atoms with Gasteiger partial charge in [0.2, 0.25) is 0 Å². The summed E-state index contributed by atoms with van der Waals surface area (Å²) in [6.45, 7) is 4.13. The summed E-state index contributed by atoms with van der Waals surface area (Å²) in [6.07, 6.45) is 4.12. The van der Waals surface area contributed by atoms with Crippen LogP contribution in [0, 0.1) is 13.8 Å². The molecule has 3 aromatic heterocycles. The molecule has 0 bridgehead atoms. The molecule has 0 aliphatic heterocycles. The van der Waals surface area contributed by atoms with Gasteiger partial charge in [0.05, 0.1) is 17.3 Å². The third kappa shape index (κ3) is 6.49. The summed E-state index contributed by atoms with van der Waals surface area (Å²) in [7, 11) is 0. The van der Waals surface area contributed by atoms with Crippen molar-refractivity contribution < 1.29 is 0 Å². The summed E-state index contributed by atoms with van der Waals surface area (Å²) in [4.78, 5) is 12.2. The Balaban J connectivity index is 1.06. The average Bonchev–Trinajstić information content (AvgIpc) is 4.07. The number of rotatable bonds is 8. The fraction of sp³-hybridized carbons (Fsp3) is 0.0588. The molecule has 1 spiro atoms. The van der Waals surface area contributed by atoms with Crippen molar-refractivity contribution >= 4 is 48.6 Å². The number of aromatic nitrogens is 2. The van der Waals surface area contributed by atoms with Crippen LogP contribution >= 0.6 is 11.3 Å². The van der Waals surface area contributed by atoms with E-state index in [1.807, 2.05) is 17.5 Å². The minimum absolute atomic E-state index is 0.101. The lowest BCUT2D eigenvalue weighted by Gasteiger charge is -2.33. The minimum atomic E-state index is -0.637. The van der Waals surface area contributed by atoms with Crippen LogP contribution in [0.25, 0.3) is 64.7 Å². The van der Waals surface area contributed by atoms with E-state index in [4.69, 9.17) is 9.97 Å². The molecule has 72 heavy (non-hydrogen) atoms. The van der Waals surface area contributed by atoms with Crippen LogP contribution < -0.4 is 4.90 Å². The van der Waals surface area contributed by atoms with Crippen molar-refractivity contribution in [2.24, 2.45) is 0 Å². The summed E-state index contributed by atoms with van der Waals surface area (Å²) in [5.74, 6) is -0.101. The molecule has 0 saturated carbocycles. The first-order valence-corrected chi connectivity index (χ1v) is 25.6. The third-order valence-corrected chi connectivity index (χ3v) is 16.5. The van der Waals surface area contributed by atoms with Gasteiger partial charge in [-0.1, -0.05) is 182 Å². The van der Waals surface area contributed by atoms with Gasteiger partial charge in [-0.25, -0.2) is 0 Å². The molecule has 3 nitrogen and oxygen atoms in total. The average molecular weight is 938 g/mol. The van der Waals surface area contributed by atoms with Crippen molar-refractivity contribution in [2.75, 3.05) is 4.90 Å². The molecule has 2 aliphatic rings. The maximum atomic E-state index is 4.97. The molecular formula is C68H47N3S. The van der Waals surface area contributed by atoms with Gasteiger partial charge < -0.3 is 4.90 Å². The monoisotopic (exact) mass is 937 g/mol. The first-order chi connectivity index (χ1) is 35.5. The Morgan fingerprint density at radius 2 is 0.958 bits per heavy atom. The molecule has 1 atom stereocenters. The Morgan fingerprint density at radius 3 is 1.60 bits per heavy atom. The fourth-order valence-electron chi connectivity index (χ4n) is 12.0. The van der Waals surface area contributed by atoms with Crippen LogP contribution in [0.3, 0.4) is 0 Å². The maximum absolute atomic E-state index is 4.97.